The predicted octanol–water partition coefficient (Wildman–Crippen LogP) is 4.56. The fourth-order valence-corrected chi connectivity index (χ4v) is 3.54. The Labute approximate surface area is 138 Å². The van der Waals surface area contributed by atoms with E-state index < -0.39 is 5.50 Å². The lowest BCUT2D eigenvalue weighted by molar-refractivity contribution is 0.103. The summed E-state index contributed by atoms with van der Waals surface area (Å²) in [4.78, 5) is 0. The third-order valence-electron chi connectivity index (χ3n) is 4.86. The molecule has 0 amide bonds. The number of rotatable bonds is 3. The van der Waals surface area contributed by atoms with Crippen LogP contribution in [0.2, 0.25) is 0 Å². The summed E-state index contributed by atoms with van der Waals surface area (Å²) >= 11 is 0. The van der Waals surface area contributed by atoms with Gasteiger partial charge in [-0.1, -0.05) is 54.6 Å². The van der Waals surface area contributed by atoms with E-state index in [1.54, 1.807) is 13.2 Å². The molecule has 1 aliphatic carbocycles. The Morgan fingerprint density at radius 3 is 2.57 bits per heavy atom. The lowest BCUT2D eigenvalue weighted by Crippen LogP contribution is -2.26. The molecule has 1 nitrogen and oxygen atoms in total. The second kappa shape index (κ2) is 5.11. The third-order valence-corrected chi connectivity index (χ3v) is 4.86. The van der Waals surface area contributed by atoms with Crippen LogP contribution in [0.15, 0.2) is 67.3 Å². The lowest BCUT2D eigenvalue weighted by atomic mass is 9.73. The van der Waals surface area contributed by atoms with Crippen LogP contribution in [0.4, 0.5) is 0 Å². The highest BCUT2D eigenvalue weighted by atomic mass is 16.5. The number of hydrogen-bond donors (Lipinski definition) is 0. The molecule has 3 aromatic rings. The molecule has 1 atom stereocenters. The van der Waals surface area contributed by atoms with Crippen LogP contribution in [0, 0.1) is 0 Å². The third kappa shape index (κ3) is 2.06. The van der Waals surface area contributed by atoms with E-state index in [-0.39, 0.29) is 0 Å². The molecule has 0 saturated carbocycles. The topological polar surface area (TPSA) is 9.23 Å². The molecular formula is C21H17BO. The Hall–Kier alpha value is -2.32. The molecule has 0 aromatic heterocycles. The van der Waals surface area contributed by atoms with Gasteiger partial charge in [0, 0.05) is 7.11 Å². The molecule has 0 N–H and O–H groups in total. The zero-order chi connectivity index (χ0) is 16.0. The van der Waals surface area contributed by atoms with E-state index in [0.29, 0.717) is 0 Å². The number of ether oxygens (including phenoxy) is 1. The van der Waals surface area contributed by atoms with Crippen molar-refractivity contribution in [1.82, 2.24) is 0 Å². The summed E-state index contributed by atoms with van der Waals surface area (Å²) in [6, 6.07) is 19.3. The maximum absolute atomic E-state index is 6.30. The Kier molecular flexibility index (Phi) is 3.17. The first kappa shape index (κ1) is 14.3. The highest BCUT2D eigenvalue weighted by Crippen LogP contribution is 2.40. The summed E-state index contributed by atoms with van der Waals surface area (Å²) in [6.45, 7) is 3.82. The van der Waals surface area contributed by atoms with Crippen LogP contribution >= 0.6 is 0 Å². The minimum absolute atomic E-state index is 0.921. The smallest absolute Gasteiger partial charge is 0.126 e. The second-order valence-electron chi connectivity index (χ2n) is 6.07. The molecule has 0 spiro atoms. The van der Waals surface area contributed by atoms with Crippen molar-refractivity contribution < 1.29 is 4.74 Å². The Bertz CT molecular complexity index is 923. The normalized spacial score (nSPS) is 15.0. The predicted molar refractivity (Wildman–Crippen MR) is 96.8 cm³/mol. The van der Waals surface area contributed by atoms with Gasteiger partial charge in [0.25, 0.3) is 0 Å². The van der Waals surface area contributed by atoms with Crippen LogP contribution in [0.5, 0.6) is 0 Å². The van der Waals surface area contributed by atoms with Crippen LogP contribution in [0.3, 0.4) is 0 Å². The molecule has 0 saturated heterocycles. The van der Waals surface area contributed by atoms with Crippen LogP contribution in [-0.4, -0.2) is 15.0 Å². The first-order chi connectivity index (χ1) is 11.2. The van der Waals surface area contributed by atoms with E-state index in [1.165, 1.54) is 33.0 Å². The van der Waals surface area contributed by atoms with Crippen molar-refractivity contribution >= 4 is 18.6 Å². The van der Waals surface area contributed by atoms with Crippen LogP contribution in [0.1, 0.15) is 16.7 Å². The quantitative estimate of drug-likeness (QED) is 0.397. The highest BCUT2D eigenvalue weighted by molar-refractivity contribution is 6.16. The largest absolute Gasteiger partial charge is 0.380 e. The average Bonchev–Trinajstić information content (AvgIpc) is 2.61. The first-order valence-electron chi connectivity index (χ1n) is 7.78. The SMILES string of the molecule is [B]C(C=C)(OC)c1ccc2c(c1)-c1cccc3cccc(c13)C2. The fraction of sp³-hybridized carbons (Fsp3) is 0.143. The summed E-state index contributed by atoms with van der Waals surface area (Å²) in [5.74, 6) is 0. The monoisotopic (exact) mass is 296 g/mol. The van der Waals surface area contributed by atoms with Gasteiger partial charge in [0.05, 0.1) is 5.50 Å². The number of methoxy groups -OCH3 is 1. The van der Waals surface area contributed by atoms with Gasteiger partial charge in [0.2, 0.25) is 0 Å². The zero-order valence-electron chi connectivity index (χ0n) is 13.2. The summed E-state index contributed by atoms with van der Waals surface area (Å²) < 4.78 is 5.47. The van der Waals surface area contributed by atoms with E-state index in [2.05, 4.69) is 55.1 Å². The van der Waals surface area contributed by atoms with Gasteiger partial charge >= 0.3 is 0 Å². The van der Waals surface area contributed by atoms with Crippen LogP contribution in [-0.2, 0) is 16.7 Å². The Morgan fingerprint density at radius 2 is 1.83 bits per heavy atom. The van der Waals surface area contributed by atoms with E-state index in [0.717, 1.165) is 12.0 Å². The number of benzene rings is 3. The molecular weight excluding hydrogens is 279 g/mol. The molecule has 0 aliphatic heterocycles. The first-order valence-corrected chi connectivity index (χ1v) is 7.78. The van der Waals surface area contributed by atoms with Crippen molar-refractivity contribution in [3.63, 3.8) is 0 Å². The van der Waals surface area contributed by atoms with Crippen molar-refractivity contribution in [3.05, 3.63) is 83.9 Å². The van der Waals surface area contributed by atoms with Crippen molar-refractivity contribution in [1.29, 1.82) is 0 Å². The fourth-order valence-electron chi connectivity index (χ4n) is 3.54. The number of fused-ring (bicyclic) bond motifs is 2. The standard InChI is InChI=1S/C21H17BO/c1-3-21(22,23-2)17-11-10-15-12-16-8-4-6-14-7-5-9-18(20(14)16)19(15)13-17/h3-11,13H,1,12H2,2H3. The Balaban J connectivity index is 2.00. The van der Waals surface area contributed by atoms with Gasteiger partial charge in [-0.05, 0) is 51.1 Å². The van der Waals surface area contributed by atoms with E-state index in [4.69, 9.17) is 12.6 Å². The van der Waals surface area contributed by atoms with Gasteiger partial charge in [0.15, 0.2) is 0 Å². The second-order valence-corrected chi connectivity index (χ2v) is 6.07. The van der Waals surface area contributed by atoms with Crippen molar-refractivity contribution in [3.8, 4) is 11.1 Å². The minimum Gasteiger partial charge on any atom is -0.380 e. The molecule has 3 aromatic carbocycles. The van der Waals surface area contributed by atoms with E-state index in [1.807, 2.05) is 6.07 Å². The summed E-state index contributed by atoms with van der Waals surface area (Å²) in [5.41, 5.74) is 5.17. The van der Waals surface area contributed by atoms with Crippen molar-refractivity contribution in [2.24, 2.45) is 0 Å². The van der Waals surface area contributed by atoms with E-state index >= 15 is 0 Å². The summed E-state index contributed by atoms with van der Waals surface area (Å²) in [5, 5.41) is 2.63. The van der Waals surface area contributed by atoms with Gasteiger partial charge in [-0.2, -0.15) is 0 Å². The van der Waals surface area contributed by atoms with Gasteiger partial charge in [-0.15, -0.1) is 6.58 Å². The van der Waals surface area contributed by atoms with Crippen molar-refractivity contribution in [2.75, 3.05) is 7.11 Å². The van der Waals surface area contributed by atoms with Gasteiger partial charge in [-0.25, -0.2) is 0 Å². The van der Waals surface area contributed by atoms with Crippen LogP contribution < -0.4 is 0 Å². The zero-order valence-corrected chi connectivity index (χ0v) is 13.2. The molecule has 0 bridgehead atoms. The molecule has 0 heterocycles. The molecule has 0 fully saturated rings. The number of hydrogen-bond acceptors (Lipinski definition) is 1. The summed E-state index contributed by atoms with van der Waals surface area (Å²) in [6.07, 6.45) is 2.59. The maximum atomic E-state index is 6.30. The van der Waals surface area contributed by atoms with Gasteiger partial charge in [-0.3, -0.25) is 0 Å². The molecule has 2 radical (unpaired) electrons. The van der Waals surface area contributed by atoms with Crippen LogP contribution in [0.25, 0.3) is 21.9 Å². The van der Waals surface area contributed by atoms with Gasteiger partial charge < -0.3 is 4.74 Å². The maximum Gasteiger partial charge on any atom is 0.126 e. The molecule has 4 rings (SSSR count). The summed E-state index contributed by atoms with van der Waals surface area (Å²) in [7, 11) is 7.91. The Morgan fingerprint density at radius 1 is 1.04 bits per heavy atom. The molecule has 2 heteroatoms. The van der Waals surface area contributed by atoms with Gasteiger partial charge in [0.1, 0.15) is 7.85 Å². The molecule has 110 valence electrons. The van der Waals surface area contributed by atoms with Crippen molar-refractivity contribution in [2.45, 2.75) is 11.9 Å². The average molecular weight is 296 g/mol. The van der Waals surface area contributed by atoms with E-state index in [9.17, 15) is 0 Å². The minimum atomic E-state index is -0.958. The highest BCUT2D eigenvalue weighted by Gasteiger charge is 2.24. The molecule has 1 unspecified atom stereocenters. The molecule has 1 aliphatic rings. The molecule has 23 heavy (non-hydrogen) atoms. The lowest BCUT2D eigenvalue weighted by Gasteiger charge is -2.28.